The molecule has 0 unspecified atom stereocenters. The molecular formula is C20H29N2O4S+. The van der Waals surface area contributed by atoms with Gasteiger partial charge in [0.25, 0.3) is 0 Å². The van der Waals surface area contributed by atoms with Crippen molar-refractivity contribution in [3.8, 4) is 0 Å². The molecule has 6 nitrogen and oxygen atoms in total. The van der Waals surface area contributed by atoms with Gasteiger partial charge < -0.3 is 9.64 Å². The van der Waals surface area contributed by atoms with Gasteiger partial charge in [-0.3, -0.25) is 0 Å². The van der Waals surface area contributed by atoms with Gasteiger partial charge in [-0.25, -0.2) is 13.2 Å². The molecule has 0 amide bonds. The largest absolute Gasteiger partial charge is 0.462 e. The molecule has 148 valence electrons. The Labute approximate surface area is 161 Å². The van der Waals surface area contributed by atoms with Gasteiger partial charge in [0.1, 0.15) is 0 Å². The van der Waals surface area contributed by atoms with Gasteiger partial charge in [-0.15, -0.1) is 0 Å². The van der Waals surface area contributed by atoms with Gasteiger partial charge in [0.15, 0.2) is 0 Å². The molecule has 1 N–H and O–H groups in total. The molecule has 7 heteroatoms. The van der Waals surface area contributed by atoms with Crippen LogP contribution in [0.1, 0.15) is 36.5 Å². The summed E-state index contributed by atoms with van der Waals surface area (Å²) in [5.74, 6) is 0.291. The lowest BCUT2D eigenvalue weighted by molar-refractivity contribution is -0.907. The average molecular weight is 394 g/mol. The molecule has 0 aromatic heterocycles. The van der Waals surface area contributed by atoms with E-state index >= 15 is 0 Å². The van der Waals surface area contributed by atoms with Crippen molar-refractivity contribution in [2.45, 2.75) is 31.1 Å². The van der Waals surface area contributed by atoms with E-state index in [4.69, 9.17) is 4.74 Å². The fraction of sp³-hybridized carbons (Fsp3) is 0.550. The summed E-state index contributed by atoms with van der Waals surface area (Å²) < 4.78 is 32.3. The maximum Gasteiger partial charge on any atom is 0.338 e. The zero-order valence-corrected chi connectivity index (χ0v) is 16.7. The van der Waals surface area contributed by atoms with Crippen molar-refractivity contribution in [1.82, 2.24) is 4.31 Å². The highest BCUT2D eigenvalue weighted by atomic mass is 32.2. The predicted molar refractivity (Wildman–Crippen MR) is 103 cm³/mol. The summed E-state index contributed by atoms with van der Waals surface area (Å²) in [4.78, 5) is 13.5. The molecule has 1 aromatic rings. The molecular weight excluding hydrogens is 364 g/mol. The van der Waals surface area contributed by atoms with Crippen LogP contribution < -0.4 is 4.90 Å². The third-order valence-electron chi connectivity index (χ3n) is 5.39. The van der Waals surface area contributed by atoms with Gasteiger partial charge in [-0.1, -0.05) is 12.2 Å². The lowest BCUT2D eigenvalue weighted by atomic mass is 9.94. The number of nitrogens with one attached hydrogen (secondary N) is 1. The first-order valence-electron chi connectivity index (χ1n) is 9.76. The first kappa shape index (κ1) is 20.0. The minimum Gasteiger partial charge on any atom is -0.462 e. The summed E-state index contributed by atoms with van der Waals surface area (Å²) >= 11 is 0. The minimum atomic E-state index is -3.52. The lowest BCUT2D eigenvalue weighted by Gasteiger charge is -2.33. The number of allylic oxidation sites excluding steroid dienone is 2. The van der Waals surface area contributed by atoms with Gasteiger partial charge in [-0.2, -0.15) is 4.31 Å². The first-order chi connectivity index (χ1) is 13.0. The zero-order chi connectivity index (χ0) is 19.3. The van der Waals surface area contributed by atoms with Crippen LogP contribution in [0.4, 0.5) is 0 Å². The Kier molecular flexibility index (Phi) is 6.68. The quantitative estimate of drug-likeness (QED) is 0.581. The predicted octanol–water partition coefficient (Wildman–Crippen LogP) is 1.11. The first-order valence-corrected chi connectivity index (χ1v) is 11.2. The summed E-state index contributed by atoms with van der Waals surface area (Å²) in [6.45, 7) is 5.94. The highest BCUT2D eigenvalue weighted by molar-refractivity contribution is 7.89. The van der Waals surface area contributed by atoms with E-state index in [0.717, 1.165) is 32.0 Å². The fourth-order valence-corrected chi connectivity index (χ4v) is 5.26. The van der Waals surface area contributed by atoms with Crippen LogP contribution in [0.25, 0.3) is 0 Å². The lowest BCUT2D eigenvalue weighted by Crippen LogP contribution is -3.15. The smallest absolute Gasteiger partial charge is 0.338 e. The van der Waals surface area contributed by atoms with Crippen molar-refractivity contribution in [1.29, 1.82) is 0 Å². The van der Waals surface area contributed by atoms with Crippen LogP contribution in [0.15, 0.2) is 41.3 Å². The van der Waals surface area contributed by atoms with Crippen LogP contribution in [0.3, 0.4) is 0 Å². The summed E-state index contributed by atoms with van der Waals surface area (Å²) in [6.07, 6.45) is 8.09. The van der Waals surface area contributed by atoms with E-state index in [1.54, 1.807) is 11.2 Å². The summed E-state index contributed by atoms with van der Waals surface area (Å²) in [7, 11) is -3.52. The summed E-state index contributed by atoms with van der Waals surface area (Å²) in [5.41, 5.74) is 0.367. The van der Waals surface area contributed by atoms with Crippen molar-refractivity contribution in [3.05, 3.63) is 42.0 Å². The van der Waals surface area contributed by atoms with Crippen LogP contribution in [-0.2, 0) is 14.8 Å². The number of carbonyl (C=O) groups excluding carboxylic acids is 1. The van der Waals surface area contributed by atoms with Gasteiger partial charge in [-0.05, 0) is 50.5 Å². The highest BCUT2D eigenvalue weighted by Crippen LogP contribution is 2.18. The maximum absolute atomic E-state index is 12.9. The summed E-state index contributed by atoms with van der Waals surface area (Å²) in [5, 5.41) is 0. The fourth-order valence-electron chi connectivity index (χ4n) is 3.82. The number of hydrogen-bond donors (Lipinski definition) is 1. The molecule has 3 rings (SSSR count). The van der Waals surface area contributed by atoms with E-state index in [-0.39, 0.29) is 4.90 Å². The SMILES string of the molecule is CCOC(=O)c1ccc(S(=O)(=O)N2CC[NH+](C[C@@H]3CC=CCC3)CC2)cc1. The Morgan fingerprint density at radius 3 is 2.48 bits per heavy atom. The van der Waals surface area contributed by atoms with Crippen LogP contribution in [0, 0.1) is 5.92 Å². The number of ether oxygens (including phenoxy) is 1. The average Bonchev–Trinajstić information content (AvgIpc) is 2.69. The second kappa shape index (κ2) is 8.99. The molecule has 1 fully saturated rings. The monoisotopic (exact) mass is 393 g/mol. The van der Waals surface area contributed by atoms with Crippen molar-refractivity contribution >= 4 is 16.0 Å². The zero-order valence-electron chi connectivity index (χ0n) is 15.9. The van der Waals surface area contributed by atoms with Crippen molar-refractivity contribution in [2.75, 3.05) is 39.3 Å². The number of quaternary nitrogens is 1. The third kappa shape index (κ3) is 4.97. The molecule has 1 atom stereocenters. The van der Waals surface area contributed by atoms with Crippen molar-refractivity contribution < 1.29 is 22.8 Å². The number of hydrogen-bond acceptors (Lipinski definition) is 4. The molecule has 1 aromatic carbocycles. The molecule has 0 bridgehead atoms. The van der Waals surface area contributed by atoms with Crippen molar-refractivity contribution in [3.63, 3.8) is 0 Å². The number of esters is 1. The standard InChI is InChI=1S/C20H28N2O4S/c1-2-26-20(23)18-8-10-19(11-9-18)27(24,25)22-14-12-21(13-15-22)16-17-6-4-3-5-7-17/h3-4,8-11,17H,2,5-7,12-16H2,1H3/p+1/t17-/m1/s1. The Hall–Kier alpha value is -1.70. The van der Waals surface area contributed by atoms with E-state index in [1.807, 2.05) is 0 Å². The third-order valence-corrected chi connectivity index (χ3v) is 7.30. The van der Waals surface area contributed by atoms with E-state index in [1.165, 1.54) is 42.0 Å². The molecule has 1 heterocycles. The topological polar surface area (TPSA) is 68.1 Å². The molecule has 2 aliphatic rings. The molecule has 1 aliphatic carbocycles. The molecule has 0 spiro atoms. The second-order valence-corrected chi connectivity index (χ2v) is 9.19. The molecule has 0 radical (unpaired) electrons. The van der Waals surface area contributed by atoms with Gasteiger partial charge >= 0.3 is 5.97 Å². The summed E-state index contributed by atoms with van der Waals surface area (Å²) in [6, 6.07) is 6.02. The minimum absolute atomic E-state index is 0.233. The van der Waals surface area contributed by atoms with Crippen LogP contribution >= 0.6 is 0 Å². The number of rotatable bonds is 6. The highest BCUT2D eigenvalue weighted by Gasteiger charge is 2.31. The number of carbonyl (C=O) groups is 1. The molecule has 27 heavy (non-hydrogen) atoms. The molecule has 1 aliphatic heterocycles. The number of sulfonamides is 1. The Morgan fingerprint density at radius 2 is 1.89 bits per heavy atom. The van der Waals surface area contributed by atoms with E-state index in [9.17, 15) is 13.2 Å². The molecule has 1 saturated heterocycles. The van der Waals surface area contributed by atoms with Crippen LogP contribution in [0.2, 0.25) is 0 Å². The van der Waals surface area contributed by atoms with Gasteiger partial charge in [0.05, 0.1) is 49.8 Å². The van der Waals surface area contributed by atoms with E-state index in [2.05, 4.69) is 12.2 Å². The van der Waals surface area contributed by atoms with Gasteiger partial charge in [0, 0.05) is 5.92 Å². The van der Waals surface area contributed by atoms with E-state index < -0.39 is 16.0 Å². The van der Waals surface area contributed by atoms with Crippen molar-refractivity contribution in [2.24, 2.45) is 5.92 Å². The maximum atomic E-state index is 12.9. The molecule has 0 saturated carbocycles. The second-order valence-electron chi connectivity index (χ2n) is 7.25. The van der Waals surface area contributed by atoms with E-state index in [0.29, 0.717) is 25.3 Å². The number of piperazine rings is 1. The Morgan fingerprint density at radius 1 is 1.19 bits per heavy atom. The normalized spacial score (nSPS) is 21.9. The number of benzene rings is 1. The number of nitrogens with zero attached hydrogens (tertiary/aromatic N) is 1. The van der Waals surface area contributed by atoms with Crippen LogP contribution in [0.5, 0.6) is 0 Å². The van der Waals surface area contributed by atoms with Gasteiger partial charge in [0.2, 0.25) is 10.0 Å². The Balaban J connectivity index is 1.57. The van der Waals surface area contributed by atoms with Crippen LogP contribution in [-0.4, -0.2) is 58.0 Å². The Bertz CT molecular complexity index is 766.